The number of pyridine rings is 1. The number of hydrogen-bond donors (Lipinski definition) is 2. The topological polar surface area (TPSA) is 94.7 Å². The van der Waals surface area contributed by atoms with Gasteiger partial charge in [-0.25, -0.2) is 4.39 Å². The monoisotopic (exact) mass is 425 g/mol. The lowest BCUT2D eigenvalue weighted by molar-refractivity contribution is -0.908. The number of fused-ring (bicyclic) bond motifs is 1. The molecule has 1 aromatic heterocycles. The summed E-state index contributed by atoms with van der Waals surface area (Å²) < 4.78 is 27.4. The molecule has 2 aliphatic rings. The van der Waals surface area contributed by atoms with Crippen molar-refractivity contribution in [3.8, 4) is 11.8 Å². The zero-order valence-electron chi connectivity index (χ0n) is 17.5. The highest BCUT2D eigenvalue weighted by Gasteiger charge is 2.35. The van der Waals surface area contributed by atoms with Gasteiger partial charge >= 0.3 is 0 Å². The molecule has 0 saturated carbocycles. The van der Waals surface area contributed by atoms with Gasteiger partial charge < -0.3 is 24.7 Å². The van der Waals surface area contributed by atoms with Crippen LogP contribution in [0.1, 0.15) is 29.2 Å². The van der Waals surface area contributed by atoms with Crippen molar-refractivity contribution >= 4 is 0 Å². The summed E-state index contributed by atoms with van der Waals surface area (Å²) in [5, 5.41) is 9.70. The molecular formula is C23H26FN4O3+. The van der Waals surface area contributed by atoms with Crippen LogP contribution in [0.25, 0.3) is 0 Å². The van der Waals surface area contributed by atoms with E-state index in [0.29, 0.717) is 6.54 Å². The molecule has 0 bridgehead atoms. The summed E-state index contributed by atoms with van der Waals surface area (Å²) in [7, 11) is 0. The maximum absolute atomic E-state index is 14.7. The van der Waals surface area contributed by atoms with Gasteiger partial charge in [0.25, 0.3) is 5.56 Å². The first-order valence-corrected chi connectivity index (χ1v) is 10.5. The fraction of sp³-hybridized carbons (Fsp3) is 0.391. The fourth-order valence-electron chi connectivity index (χ4n) is 4.38. The number of ether oxygens (including phenoxy) is 2. The quantitative estimate of drug-likeness (QED) is 0.740. The van der Waals surface area contributed by atoms with Crippen LogP contribution in [0.15, 0.2) is 46.6 Å². The summed E-state index contributed by atoms with van der Waals surface area (Å²) in [6, 6.07) is 9.89. The second-order valence-corrected chi connectivity index (χ2v) is 7.93. The third-order valence-corrected chi connectivity index (χ3v) is 6.02. The molecule has 1 saturated heterocycles. The number of hydrogen-bond acceptors (Lipinski definition) is 5. The smallest absolute Gasteiger partial charge is 0.258 e. The molecule has 0 radical (unpaired) electrons. The van der Waals surface area contributed by atoms with Crippen LogP contribution in [0.3, 0.4) is 0 Å². The number of nitrogens with two attached hydrogens (primary N) is 1. The molecule has 3 N–H and O–H groups in total. The number of benzene rings is 1. The lowest BCUT2D eigenvalue weighted by Crippen LogP contribution is -3.14. The third-order valence-electron chi connectivity index (χ3n) is 6.02. The molecule has 0 unspecified atom stereocenters. The number of nitriles is 1. The van der Waals surface area contributed by atoms with E-state index < -0.39 is 11.7 Å². The number of nitrogens with one attached hydrogen (secondary N) is 1. The second-order valence-electron chi connectivity index (χ2n) is 7.93. The second kappa shape index (κ2) is 8.92. The van der Waals surface area contributed by atoms with Crippen molar-refractivity contribution in [3.05, 3.63) is 74.8 Å². The van der Waals surface area contributed by atoms with Crippen LogP contribution in [0, 0.1) is 24.1 Å². The van der Waals surface area contributed by atoms with Gasteiger partial charge in [0.2, 0.25) is 5.88 Å². The van der Waals surface area contributed by atoms with E-state index in [-0.39, 0.29) is 33.9 Å². The molecule has 7 nitrogen and oxygen atoms in total. The van der Waals surface area contributed by atoms with E-state index in [4.69, 9.17) is 15.2 Å². The van der Waals surface area contributed by atoms with Gasteiger partial charge in [-0.1, -0.05) is 18.2 Å². The van der Waals surface area contributed by atoms with Gasteiger partial charge in [0.05, 0.1) is 31.2 Å². The van der Waals surface area contributed by atoms with Crippen LogP contribution in [0.2, 0.25) is 0 Å². The minimum Gasteiger partial charge on any atom is -0.440 e. The van der Waals surface area contributed by atoms with Crippen LogP contribution >= 0.6 is 0 Å². The molecule has 3 heterocycles. The van der Waals surface area contributed by atoms with Crippen molar-refractivity contribution in [1.29, 1.82) is 5.26 Å². The Morgan fingerprint density at radius 3 is 2.77 bits per heavy atom. The molecule has 4 rings (SSSR count). The third kappa shape index (κ3) is 4.07. The normalized spacial score (nSPS) is 18.9. The number of nitrogens with zero attached hydrogens (tertiary/aromatic N) is 2. The Hall–Kier alpha value is -3.15. The van der Waals surface area contributed by atoms with Crippen LogP contribution in [-0.2, 0) is 11.3 Å². The van der Waals surface area contributed by atoms with Gasteiger partial charge in [0, 0.05) is 30.3 Å². The molecule has 1 aromatic carbocycles. The van der Waals surface area contributed by atoms with Gasteiger partial charge in [0.15, 0.2) is 0 Å². The maximum Gasteiger partial charge on any atom is 0.258 e. The average molecular weight is 425 g/mol. The molecular weight excluding hydrogens is 399 g/mol. The van der Waals surface area contributed by atoms with Crippen molar-refractivity contribution in [3.63, 3.8) is 0 Å². The Bertz CT molecular complexity index is 1110. The number of morpholine rings is 1. The van der Waals surface area contributed by atoms with E-state index in [0.717, 1.165) is 45.0 Å². The first kappa shape index (κ1) is 21.1. The highest BCUT2D eigenvalue weighted by atomic mass is 19.1. The van der Waals surface area contributed by atoms with Gasteiger partial charge in [-0.15, -0.1) is 0 Å². The molecule has 162 valence electrons. The Kier molecular flexibility index (Phi) is 6.07. The van der Waals surface area contributed by atoms with E-state index in [1.807, 2.05) is 13.0 Å². The van der Waals surface area contributed by atoms with Crippen molar-refractivity contribution in [1.82, 2.24) is 4.57 Å². The van der Waals surface area contributed by atoms with E-state index >= 15 is 0 Å². The van der Waals surface area contributed by atoms with Gasteiger partial charge in [-0.2, -0.15) is 5.26 Å². The molecule has 1 atom stereocenters. The number of quaternary nitrogens is 1. The first-order valence-electron chi connectivity index (χ1n) is 10.5. The highest BCUT2D eigenvalue weighted by molar-refractivity contribution is 5.55. The summed E-state index contributed by atoms with van der Waals surface area (Å²) in [6.07, 6.45) is 0.823. The van der Waals surface area contributed by atoms with Crippen molar-refractivity contribution in [2.24, 2.45) is 5.73 Å². The van der Waals surface area contributed by atoms with E-state index in [9.17, 15) is 14.4 Å². The van der Waals surface area contributed by atoms with Crippen LogP contribution in [0.5, 0.6) is 5.75 Å². The Balaban J connectivity index is 1.72. The van der Waals surface area contributed by atoms with Crippen molar-refractivity contribution in [2.45, 2.75) is 25.8 Å². The summed E-state index contributed by atoms with van der Waals surface area (Å²) in [5.74, 6) is -1.22. The Morgan fingerprint density at radius 2 is 2.06 bits per heavy atom. The molecule has 0 amide bonds. The fourth-order valence-corrected chi connectivity index (χ4v) is 4.38. The molecule has 31 heavy (non-hydrogen) atoms. The predicted octanol–water partition coefficient (Wildman–Crippen LogP) is 0.819. The lowest BCUT2D eigenvalue weighted by Gasteiger charge is -2.28. The molecule has 8 heteroatoms. The van der Waals surface area contributed by atoms with Crippen LogP contribution in [0.4, 0.5) is 4.39 Å². The van der Waals surface area contributed by atoms with E-state index in [2.05, 4.69) is 0 Å². The first-order chi connectivity index (χ1) is 15.0. The van der Waals surface area contributed by atoms with Crippen molar-refractivity contribution in [2.75, 3.05) is 32.8 Å². The zero-order valence-corrected chi connectivity index (χ0v) is 17.5. The minimum absolute atomic E-state index is 0.0443. The standard InChI is InChI=1S/C23H25FN4O3/c1-15-13-19-21(23(29)28(15)8-4-7-27-9-11-30-12-10-27)20(17(14-25)22(26)31-19)16-5-2-3-6-18(16)24/h2-3,5-6,13,20H,4,7-12,26H2,1H3/p+1/t20-/m1/s1. The molecule has 2 aromatic rings. The Labute approximate surface area is 180 Å². The Morgan fingerprint density at radius 1 is 1.32 bits per heavy atom. The number of allylic oxidation sites excluding steroid dienone is 1. The summed E-state index contributed by atoms with van der Waals surface area (Å²) in [6.45, 7) is 6.78. The number of rotatable bonds is 5. The van der Waals surface area contributed by atoms with E-state index in [1.54, 1.807) is 28.8 Å². The summed E-state index contributed by atoms with van der Waals surface area (Å²) in [5.41, 5.74) is 6.96. The lowest BCUT2D eigenvalue weighted by atomic mass is 9.83. The van der Waals surface area contributed by atoms with Gasteiger partial charge in [0.1, 0.15) is 36.3 Å². The van der Waals surface area contributed by atoms with Gasteiger partial charge in [-0.05, 0) is 13.0 Å². The van der Waals surface area contributed by atoms with Gasteiger partial charge in [-0.3, -0.25) is 4.79 Å². The molecule has 1 fully saturated rings. The SMILES string of the molecule is Cc1cc2c(c(=O)n1CCC[NH+]1CCOCC1)[C@H](c1ccccc1F)C(C#N)=C(N)O2. The summed E-state index contributed by atoms with van der Waals surface area (Å²) in [4.78, 5) is 15.0. The number of aryl methyl sites for hydroxylation is 1. The number of halogens is 1. The number of aromatic nitrogens is 1. The maximum atomic E-state index is 14.7. The van der Waals surface area contributed by atoms with Crippen LogP contribution in [-0.4, -0.2) is 37.4 Å². The minimum atomic E-state index is -0.904. The predicted molar refractivity (Wildman–Crippen MR) is 112 cm³/mol. The van der Waals surface area contributed by atoms with Crippen LogP contribution < -0.4 is 20.9 Å². The molecule has 0 aliphatic carbocycles. The molecule has 2 aliphatic heterocycles. The largest absolute Gasteiger partial charge is 0.440 e. The molecule has 0 spiro atoms. The summed E-state index contributed by atoms with van der Waals surface area (Å²) >= 11 is 0. The van der Waals surface area contributed by atoms with Crippen molar-refractivity contribution < 1.29 is 18.8 Å². The average Bonchev–Trinajstić information content (AvgIpc) is 2.76. The highest BCUT2D eigenvalue weighted by Crippen LogP contribution is 2.41. The van der Waals surface area contributed by atoms with E-state index in [1.165, 1.54) is 11.0 Å². The zero-order chi connectivity index (χ0) is 22.0.